The number of hydrogen-bond acceptors (Lipinski definition) is 8. The summed E-state index contributed by atoms with van der Waals surface area (Å²) in [6, 6.07) is 15.2. The van der Waals surface area contributed by atoms with Gasteiger partial charge in [0.2, 0.25) is 0 Å². The number of alkyl halides is 3. The lowest BCUT2D eigenvalue weighted by Crippen LogP contribution is -2.38. The Labute approximate surface area is 232 Å². The fourth-order valence-corrected chi connectivity index (χ4v) is 5.91. The summed E-state index contributed by atoms with van der Waals surface area (Å²) in [5.41, 5.74) is 4.18. The molecule has 2 aliphatic rings. The van der Waals surface area contributed by atoms with Crippen LogP contribution in [-0.4, -0.2) is 58.5 Å². The lowest BCUT2D eigenvalue weighted by Gasteiger charge is -2.27. The number of halogens is 3. The molecule has 3 unspecified atom stereocenters. The van der Waals surface area contributed by atoms with E-state index in [1.807, 2.05) is 30.3 Å². The number of para-hydroxylation sites is 1. The number of nitrogens with zero attached hydrogens (tertiary/aromatic N) is 3. The number of hydrogen-bond donors (Lipinski definition) is 4. The van der Waals surface area contributed by atoms with Crippen LogP contribution in [0, 0.1) is 0 Å². The van der Waals surface area contributed by atoms with Crippen LogP contribution in [0.15, 0.2) is 59.7 Å². The lowest BCUT2D eigenvalue weighted by atomic mass is 10.1. The van der Waals surface area contributed by atoms with Crippen molar-refractivity contribution in [3.63, 3.8) is 0 Å². The second-order valence-corrected chi connectivity index (χ2v) is 11.0. The van der Waals surface area contributed by atoms with Gasteiger partial charge < -0.3 is 10.2 Å². The summed E-state index contributed by atoms with van der Waals surface area (Å²) in [7, 11) is 0. The van der Waals surface area contributed by atoms with E-state index >= 15 is 0 Å². The molecule has 2 aliphatic heterocycles. The topological polar surface area (TPSA) is 83.4 Å². The van der Waals surface area contributed by atoms with Gasteiger partial charge in [-0.3, -0.25) is 20.5 Å². The van der Waals surface area contributed by atoms with Crippen LogP contribution in [0.25, 0.3) is 0 Å². The molecule has 4 rings (SSSR count). The SMILES string of the molecule is OC(CCCCC1=NNC(SCc2ccc(C(F)(F)F)cc2)N1c1ccccc1)NCCCN1CCCC1O. The average Bonchev–Trinajstić information content (AvgIpc) is 3.53. The van der Waals surface area contributed by atoms with Crippen molar-refractivity contribution < 1.29 is 23.4 Å². The summed E-state index contributed by atoms with van der Waals surface area (Å²) in [5.74, 6) is 1.44. The minimum absolute atomic E-state index is 0.175. The van der Waals surface area contributed by atoms with E-state index in [9.17, 15) is 23.4 Å². The van der Waals surface area contributed by atoms with E-state index in [2.05, 4.69) is 25.6 Å². The molecule has 0 bridgehead atoms. The molecule has 2 aromatic rings. The summed E-state index contributed by atoms with van der Waals surface area (Å²) in [5, 5.41) is 27.9. The quantitative estimate of drug-likeness (QED) is 0.191. The first-order valence-electron chi connectivity index (χ1n) is 13.6. The van der Waals surface area contributed by atoms with Gasteiger partial charge in [0.25, 0.3) is 0 Å². The Hall–Kier alpha value is -2.31. The monoisotopic (exact) mass is 565 g/mol. The van der Waals surface area contributed by atoms with Gasteiger partial charge in [-0.15, -0.1) is 11.8 Å². The molecule has 0 amide bonds. The Morgan fingerprint density at radius 2 is 1.85 bits per heavy atom. The van der Waals surface area contributed by atoms with Crippen molar-refractivity contribution in [2.24, 2.45) is 5.10 Å². The summed E-state index contributed by atoms with van der Waals surface area (Å²) in [6.07, 6.45) is 0.626. The first kappa shape index (κ1) is 29.7. The number of hydrazone groups is 1. The van der Waals surface area contributed by atoms with Crippen LogP contribution in [0.2, 0.25) is 0 Å². The number of nitrogens with one attached hydrogen (secondary N) is 2. The van der Waals surface area contributed by atoms with E-state index < -0.39 is 18.0 Å². The molecule has 4 N–H and O–H groups in total. The smallest absolute Gasteiger partial charge is 0.379 e. The van der Waals surface area contributed by atoms with Crippen LogP contribution >= 0.6 is 11.8 Å². The van der Waals surface area contributed by atoms with Crippen molar-refractivity contribution in [1.29, 1.82) is 0 Å². The Morgan fingerprint density at radius 3 is 2.54 bits per heavy atom. The predicted octanol–water partition coefficient (Wildman–Crippen LogP) is 4.92. The first-order chi connectivity index (χ1) is 18.8. The van der Waals surface area contributed by atoms with Crippen LogP contribution in [0.1, 0.15) is 56.1 Å². The number of benzene rings is 2. The Bertz CT molecular complexity index is 1040. The van der Waals surface area contributed by atoms with E-state index in [1.54, 1.807) is 11.8 Å². The number of likely N-dealkylation sites (tertiary alicyclic amines) is 1. The highest BCUT2D eigenvalue weighted by molar-refractivity contribution is 7.99. The average molecular weight is 566 g/mol. The predicted molar refractivity (Wildman–Crippen MR) is 150 cm³/mol. The number of rotatable bonds is 14. The highest BCUT2D eigenvalue weighted by Gasteiger charge is 2.31. The summed E-state index contributed by atoms with van der Waals surface area (Å²) >= 11 is 1.57. The van der Waals surface area contributed by atoms with Crippen molar-refractivity contribution >= 4 is 23.3 Å². The molecule has 214 valence electrons. The molecule has 2 aromatic carbocycles. The first-order valence-corrected chi connectivity index (χ1v) is 14.6. The summed E-state index contributed by atoms with van der Waals surface area (Å²) in [6.45, 7) is 2.48. The van der Waals surface area contributed by atoms with Gasteiger partial charge in [-0.2, -0.15) is 18.3 Å². The second kappa shape index (κ2) is 14.4. The zero-order valence-electron chi connectivity index (χ0n) is 22.0. The van der Waals surface area contributed by atoms with Crippen molar-refractivity contribution in [2.75, 3.05) is 24.5 Å². The van der Waals surface area contributed by atoms with Gasteiger partial charge >= 0.3 is 6.18 Å². The van der Waals surface area contributed by atoms with E-state index in [4.69, 9.17) is 0 Å². The fourth-order valence-electron chi connectivity index (χ4n) is 4.85. The maximum absolute atomic E-state index is 12.9. The third kappa shape index (κ3) is 8.84. The molecular weight excluding hydrogens is 527 g/mol. The zero-order valence-corrected chi connectivity index (χ0v) is 22.8. The number of anilines is 1. The fraction of sp³-hybridized carbons (Fsp3) is 0.536. The molecular formula is C28H38F3N5O2S. The molecule has 0 aliphatic carbocycles. The normalized spacial score (nSPS) is 20.7. The molecule has 11 heteroatoms. The van der Waals surface area contributed by atoms with E-state index in [0.29, 0.717) is 18.7 Å². The van der Waals surface area contributed by atoms with E-state index in [-0.39, 0.29) is 11.7 Å². The van der Waals surface area contributed by atoms with Gasteiger partial charge in [0.1, 0.15) is 18.3 Å². The van der Waals surface area contributed by atoms with Crippen LogP contribution in [0.3, 0.4) is 0 Å². The number of aliphatic hydroxyl groups excluding tert-OH is 2. The van der Waals surface area contributed by atoms with Crippen LogP contribution in [0.4, 0.5) is 18.9 Å². The maximum Gasteiger partial charge on any atom is 0.416 e. The molecule has 7 nitrogen and oxygen atoms in total. The Kier molecular flexibility index (Phi) is 10.9. The minimum Gasteiger partial charge on any atom is -0.379 e. The summed E-state index contributed by atoms with van der Waals surface area (Å²) < 4.78 is 38.6. The second-order valence-electron chi connectivity index (χ2n) is 9.95. The third-order valence-corrected chi connectivity index (χ3v) is 8.13. The van der Waals surface area contributed by atoms with Gasteiger partial charge in [0.15, 0.2) is 5.50 Å². The van der Waals surface area contributed by atoms with Crippen LogP contribution in [-0.2, 0) is 11.9 Å². The van der Waals surface area contributed by atoms with E-state index in [1.165, 1.54) is 12.1 Å². The molecule has 2 heterocycles. The number of amidine groups is 1. The molecule has 0 spiro atoms. The highest BCUT2D eigenvalue weighted by Crippen LogP contribution is 2.32. The van der Waals surface area contributed by atoms with Crippen LogP contribution < -0.4 is 15.6 Å². The minimum atomic E-state index is -4.34. The van der Waals surface area contributed by atoms with Gasteiger partial charge in [0.05, 0.1) is 5.56 Å². The molecule has 0 saturated carbocycles. The third-order valence-electron chi connectivity index (χ3n) is 7.00. The van der Waals surface area contributed by atoms with Crippen molar-refractivity contribution in [3.05, 3.63) is 65.7 Å². The van der Waals surface area contributed by atoms with Crippen molar-refractivity contribution in [1.82, 2.24) is 15.6 Å². The van der Waals surface area contributed by atoms with Crippen molar-refractivity contribution in [3.8, 4) is 0 Å². The Balaban J connectivity index is 1.21. The molecule has 0 aromatic heterocycles. The summed E-state index contributed by atoms with van der Waals surface area (Å²) in [4.78, 5) is 4.22. The zero-order chi connectivity index (χ0) is 27.7. The lowest BCUT2D eigenvalue weighted by molar-refractivity contribution is -0.137. The van der Waals surface area contributed by atoms with Crippen LogP contribution in [0.5, 0.6) is 0 Å². The molecule has 3 atom stereocenters. The molecule has 39 heavy (non-hydrogen) atoms. The number of thioether (sulfide) groups is 1. The van der Waals surface area contributed by atoms with Crippen molar-refractivity contribution in [2.45, 2.75) is 74.8 Å². The Morgan fingerprint density at radius 1 is 1.08 bits per heavy atom. The van der Waals surface area contributed by atoms with Gasteiger partial charge in [0, 0.05) is 31.0 Å². The number of aliphatic hydroxyl groups is 2. The molecule has 1 fully saturated rings. The largest absolute Gasteiger partial charge is 0.416 e. The maximum atomic E-state index is 12.9. The van der Waals surface area contributed by atoms with Gasteiger partial charge in [-0.1, -0.05) is 30.3 Å². The standard InChI is InChI=1S/C28H38F3N5O2S/c29-28(30,31)22-15-13-21(14-16-22)20-39-27-34-33-24(36(27)23-8-2-1-3-9-23)10-4-5-11-25(37)32-17-7-19-35-18-6-12-26(35)38/h1-3,8-9,13-16,25-27,32,34,37-38H,4-7,10-12,17-20H2. The molecule has 0 radical (unpaired) electrons. The molecule has 1 saturated heterocycles. The highest BCUT2D eigenvalue weighted by atomic mass is 32.2. The van der Waals surface area contributed by atoms with Gasteiger partial charge in [-0.25, -0.2) is 0 Å². The van der Waals surface area contributed by atoms with E-state index in [0.717, 1.165) is 80.8 Å². The number of unbranched alkanes of at least 4 members (excludes halogenated alkanes) is 1. The van der Waals surface area contributed by atoms with Gasteiger partial charge in [-0.05, 0) is 74.9 Å².